The van der Waals surface area contributed by atoms with Crippen LogP contribution < -0.4 is 9.64 Å². The number of carbonyl (C=O) groups excluding carboxylic acids is 2. The first-order valence-corrected chi connectivity index (χ1v) is 14.4. The molecule has 41 heavy (non-hydrogen) atoms. The number of amides is 2. The van der Waals surface area contributed by atoms with Gasteiger partial charge in [0.25, 0.3) is 5.91 Å². The lowest BCUT2D eigenvalue weighted by Gasteiger charge is -2.42. The summed E-state index contributed by atoms with van der Waals surface area (Å²) in [6.07, 6.45) is 2.36. The van der Waals surface area contributed by atoms with Crippen LogP contribution in [-0.2, 0) is 9.53 Å². The fourth-order valence-corrected chi connectivity index (χ4v) is 6.84. The van der Waals surface area contributed by atoms with Gasteiger partial charge < -0.3 is 24.2 Å². The molecule has 11 heteroatoms. The Morgan fingerprint density at radius 2 is 1.95 bits per heavy atom. The lowest BCUT2D eigenvalue weighted by Crippen LogP contribution is -2.57. The van der Waals surface area contributed by atoms with Crippen LogP contribution >= 0.6 is 11.6 Å². The number of carbonyl (C=O) groups is 2. The second-order valence-electron chi connectivity index (χ2n) is 11.8. The summed E-state index contributed by atoms with van der Waals surface area (Å²) in [5.41, 5.74) is 0.400. The molecule has 6 rings (SSSR count). The van der Waals surface area contributed by atoms with Crippen LogP contribution in [0.15, 0.2) is 36.9 Å². The van der Waals surface area contributed by atoms with Crippen molar-refractivity contribution in [3.05, 3.63) is 53.3 Å². The lowest BCUT2D eigenvalue weighted by atomic mass is 9.97. The van der Waals surface area contributed by atoms with Crippen molar-refractivity contribution < 1.29 is 23.5 Å². The third-order valence-electron chi connectivity index (χ3n) is 8.91. The Morgan fingerprint density at radius 3 is 2.66 bits per heavy atom. The summed E-state index contributed by atoms with van der Waals surface area (Å²) in [4.78, 5) is 39.6. The van der Waals surface area contributed by atoms with Gasteiger partial charge in [-0.05, 0) is 38.5 Å². The van der Waals surface area contributed by atoms with Crippen LogP contribution in [-0.4, -0.2) is 108 Å². The highest BCUT2D eigenvalue weighted by molar-refractivity contribution is 6.35. The van der Waals surface area contributed by atoms with E-state index in [4.69, 9.17) is 26.1 Å². The first kappa shape index (κ1) is 27.9. The van der Waals surface area contributed by atoms with Crippen LogP contribution in [0.4, 0.5) is 10.2 Å². The molecule has 2 aromatic rings. The predicted molar refractivity (Wildman–Crippen MR) is 154 cm³/mol. The molecule has 3 saturated heterocycles. The quantitative estimate of drug-likeness (QED) is 0.499. The maximum Gasteiger partial charge on any atom is 0.261 e. The number of rotatable bonds is 5. The minimum absolute atomic E-state index is 0.0975. The molecule has 0 N–H and O–H groups in total. The maximum atomic E-state index is 15.1. The van der Waals surface area contributed by atoms with Crippen molar-refractivity contribution in [2.24, 2.45) is 0 Å². The number of hydrogen-bond acceptors (Lipinski definition) is 7. The zero-order chi connectivity index (χ0) is 29.1. The number of fused-ring (bicyclic) bond motifs is 2. The van der Waals surface area contributed by atoms with E-state index in [1.165, 1.54) is 12.1 Å². The number of methoxy groups -OCH3 is 1. The van der Waals surface area contributed by atoms with Crippen LogP contribution in [0.2, 0.25) is 5.02 Å². The van der Waals surface area contributed by atoms with E-state index in [2.05, 4.69) is 30.2 Å². The molecule has 3 fully saturated rings. The van der Waals surface area contributed by atoms with Crippen LogP contribution in [0.5, 0.6) is 5.75 Å². The van der Waals surface area contributed by atoms with Crippen LogP contribution in [0, 0.1) is 5.82 Å². The number of pyridine rings is 1. The molecule has 0 bridgehead atoms. The van der Waals surface area contributed by atoms with Crippen molar-refractivity contribution in [3.63, 3.8) is 0 Å². The SMILES string of the molecule is C=CC(=O)N1CCN2C(=O)c3c(N4CC(N5CC(OC)C5)CC4(C)C)nc(-c4ccccc4F)c(Cl)c3OC[C@H]2C1. The fourth-order valence-electron chi connectivity index (χ4n) is 6.55. The molecule has 2 amide bonds. The third kappa shape index (κ3) is 4.75. The molecule has 5 heterocycles. The molecular weight excluding hydrogens is 549 g/mol. The summed E-state index contributed by atoms with van der Waals surface area (Å²) in [6.45, 7) is 11.4. The Balaban J connectivity index is 1.45. The smallest absolute Gasteiger partial charge is 0.261 e. The van der Waals surface area contributed by atoms with E-state index in [1.54, 1.807) is 35.1 Å². The summed E-state index contributed by atoms with van der Waals surface area (Å²) in [5.74, 6) is -0.255. The van der Waals surface area contributed by atoms with Crippen molar-refractivity contribution in [2.45, 2.75) is 44.0 Å². The highest BCUT2D eigenvalue weighted by atomic mass is 35.5. The Hall–Kier alpha value is -3.21. The zero-order valence-corrected chi connectivity index (χ0v) is 24.4. The monoisotopic (exact) mass is 583 g/mol. The molecule has 0 spiro atoms. The van der Waals surface area contributed by atoms with E-state index in [9.17, 15) is 9.59 Å². The summed E-state index contributed by atoms with van der Waals surface area (Å²) in [6, 6.07) is 6.19. The Labute approximate surface area is 244 Å². The van der Waals surface area contributed by atoms with E-state index in [0.29, 0.717) is 32.0 Å². The van der Waals surface area contributed by atoms with Gasteiger partial charge >= 0.3 is 0 Å². The van der Waals surface area contributed by atoms with E-state index in [-0.39, 0.29) is 69.7 Å². The van der Waals surface area contributed by atoms with E-state index >= 15 is 4.39 Å². The van der Waals surface area contributed by atoms with Crippen LogP contribution in [0.25, 0.3) is 11.3 Å². The highest BCUT2D eigenvalue weighted by Crippen LogP contribution is 2.47. The first-order chi connectivity index (χ1) is 19.6. The third-order valence-corrected chi connectivity index (χ3v) is 9.26. The molecule has 4 aliphatic heterocycles. The van der Waals surface area contributed by atoms with Gasteiger partial charge in [-0.25, -0.2) is 9.37 Å². The Bertz CT molecular complexity index is 1400. The average molecular weight is 584 g/mol. The standard InChI is InChI=1S/C30H35ClFN5O4/c1-5-23(38)34-10-11-36-19(13-34)17-41-27-24(29(36)39)28(33-26(25(27)31)21-8-6-7-9-22(21)32)37-14-18(12-30(37,2)3)35-15-20(16-35)40-4/h5-9,18-20H,1,10-17H2,2-4H3/t18?,19-/m1/s1. The van der Waals surface area contributed by atoms with Gasteiger partial charge in [0.05, 0.1) is 17.8 Å². The second kappa shape index (κ2) is 10.6. The molecule has 1 aromatic heterocycles. The number of ether oxygens (including phenoxy) is 2. The van der Waals surface area contributed by atoms with Crippen molar-refractivity contribution in [1.29, 1.82) is 0 Å². The molecular formula is C30H35ClFN5O4. The predicted octanol–water partition coefficient (Wildman–Crippen LogP) is 3.46. The van der Waals surface area contributed by atoms with Gasteiger partial charge in [0.2, 0.25) is 5.91 Å². The topological polar surface area (TPSA) is 78.5 Å². The van der Waals surface area contributed by atoms with Crippen molar-refractivity contribution in [1.82, 2.24) is 19.7 Å². The Morgan fingerprint density at radius 1 is 1.20 bits per heavy atom. The van der Waals surface area contributed by atoms with Crippen molar-refractivity contribution >= 4 is 29.2 Å². The number of halogens is 2. The molecule has 0 radical (unpaired) electrons. The number of benzene rings is 1. The number of piperazine rings is 1. The van der Waals surface area contributed by atoms with E-state index in [1.807, 2.05) is 0 Å². The fraction of sp³-hybridized carbons (Fsp3) is 0.500. The molecule has 1 aromatic carbocycles. The summed E-state index contributed by atoms with van der Waals surface area (Å²) >= 11 is 6.92. The first-order valence-electron chi connectivity index (χ1n) is 14.0. The van der Waals surface area contributed by atoms with Crippen molar-refractivity contribution in [3.8, 4) is 17.0 Å². The number of hydrogen-bond donors (Lipinski definition) is 0. The summed E-state index contributed by atoms with van der Waals surface area (Å²) < 4.78 is 26.9. The largest absolute Gasteiger partial charge is 0.489 e. The maximum absolute atomic E-state index is 15.1. The molecule has 4 aliphatic rings. The molecule has 0 saturated carbocycles. The molecule has 9 nitrogen and oxygen atoms in total. The van der Waals surface area contributed by atoms with Crippen LogP contribution in [0.3, 0.4) is 0 Å². The van der Waals surface area contributed by atoms with Crippen molar-refractivity contribution in [2.75, 3.05) is 57.9 Å². The number of likely N-dealkylation sites (tertiary alicyclic amines) is 1. The minimum Gasteiger partial charge on any atom is -0.489 e. The normalized spacial score (nSPS) is 24.3. The molecule has 1 unspecified atom stereocenters. The lowest BCUT2D eigenvalue weighted by molar-refractivity contribution is -0.128. The highest BCUT2D eigenvalue weighted by Gasteiger charge is 2.48. The second-order valence-corrected chi connectivity index (χ2v) is 12.2. The number of aromatic nitrogens is 1. The van der Waals surface area contributed by atoms with Gasteiger partial charge in [-0.2, -0.15) is 0 Å². The minimum atomic E-state index is -0.464. The zero-order valence-electron chi connectivity index (χ0n) is 23.6. The van der Waals surface area contributed by atoms with Gasteiger partial charge in [0.1, 0.15) is 28.8 Å². The average Bonchev–Trinajstić information content (AvgIpc) is 3.16. The van der Waals surface area contributed by atoms with Gasteiger partial charge in [-0.15, -0.1) is 0 Å². The molecule has 2 atom stereocenters. The van der Waals surface area contributed by atoms with Gasteiger partial charge in [-0.1, -0.05) is 30.3 Å². The summed E-state index contributed by atoms with van der Waals surface area (Å²) in [7, 11) is 1.73. The van der Waals surface area contributed by atoms with Gasteiger partial charge in [-0.3, -0.25) is 14.5 Å². The van der Waals surface area contributed by atoms with E-state index < -0.39 is 5.82 Å². The number of nitrogens with zero attached hydrogens (tertiary/aromatic N) is 5. The number of anilines is 1. The molecule has 0 aliphatic carbocycles. The van der Waals surface area contributed by atoms with E-state index in [0.717, 1.165) is 19.5 Å². The van der Waals surface area contributed by atoms with Crippen LogP contribution in [0.1, 0.15) is 30.6 Å². The Kier molecular flexibility index (Phi) is 7.20. The van der Waals surface area contributed by atoms with Gasteiger partial charge in [0.15, 0.2) is 5.75 Å². The molecule has 218 valence electrons. The summed E-state index contributed by atoms with van der Waals surface area (Å²) in [5, 5.41) is 0.0975. The van der Waals surface area contributed by atoms with Gasteiger partial charge in [0, 0.05) is 63.5 Å².